The summed E-state index contributed by atoms with van der Waals surface area (Å²) in [5.74, 6) is -0.402. The summed E-state index contributed by atoms with van der Waals surface area (Å²) in [4.78, 5) is 24.5. The van der Waals surface area contributed by atoms with Gasteiger partial charge in [0.05, 0.1) is 18.3 Å². The highest BCUT2D eigenvalue weighted by atomic mass is 16.3. The molecule has 1 aromatic heterocycles. The molecule has 2 rings (SSSR count). The Labute approximate surface area is 141 Å². The number of hydrogen-bond donors (Lipinski definition) is 3. The zero-order chi connectivity index (χ0) is 17.9. The summed E-state index contributed by atoms with van der Waals surface area (Å²) < 4.78 is 1.33. The van der Waals surface area contributed by atoms with Crippen molar-refractivity contribution in [2.75, 3.05) is 6.61 Å². The first kappa shape index (κ1) is 18.0. The van der Waals surface area contributed by atoms with Gasteiger partial charge in [0.25, 0.3) is 11.5 Å². The molecule has 0 saturated carbocycles. The fourth-order valence-electron chi connectivity index (χ4n) is 2.56. The minimum atomic E-state index is -0.402. The lowest BCUT2D eigenvalue weighted by Gasteiger charge is -2.25. The molecule has 2 aromatic rings. The first-order valence-electron chi connectivity index (χ1n) is 8.00. The highest BCUT2D eigenvalue weighted by molar-refractivity contribution is 5.92. The minimum Gasteiger partial charge on any atom is -0.394 e. The van der Waals surface area contributed by atoms with Gasteiger partial charge in [0.15, 0.2) is 0 Å². The number of carbonyl (C=O) groups is 1. The maximum atomic E-state index is 12.3. The van der Waals surface area contributed by atoms with Crippen molar-refractivity contribution in [2.24, 2.45) is 5.41 Å². The number of nitrogens with zero attached hydrogens (tertiary/aromatic N) is 1. The van der Waals surface area contributed by atoms with Crippen LogP contribution in [0, 0.1) is 12.3 Å². The second-order valence-corrected chi connectivity index (χ2v) is 7.30. The van der Waals surface area contributed by atoms with E-state index < -0.39 is 5.91 Å². The smallest absolute Gasteiger partial charge is 0.271 e. The molecule has 6 heteroatoms. The fourth-order valence-corrected chi connectivity index (χ4v) is 2.56. The van der Waals surface area contributed by atoms with Gasteiger partial charge in [-0.25, -0.2) is 4.68 Å². The molecule has 1 aromatic carbocycles. The van der Waals surface area contributed by atoms with Gasteiger partial charge in [-0.1, -0.05) is 38.5 Å². The van der Waals surface area contributed by atoms with Crippen molar-refractivity contribution in [3.63, 3.8) is 0 Å². The van der Waals surface area contributed by atoms with Gasteiger partial charge in [-0.3, -0.25) is 14.7 Å². The van der Waals surface area contributed by atoms with E-state index in [0.717, 1.165) is 5.56 Å². The Kier molecular flexibility index (Phi) is 5.29. The van der Waals surface area contributed by atoms with Crippen LogP contribution in [0.15, 0.2) is 35.1 Å². The number of nitrogens with one attached hydrogen (secondary N) is 2. The number of aliphatic hydroxyl groups is 1. The molecule has 24 heavy (non-hydrogen) atoms. The Morgan fingerprint density at radius 3 is 2.46 bits per heavy atom. The second kappa shape index (κ2) is 7.05. The molecule has 0 radical (unpaired) electrons. The minimum absolute atomic E-state index is 0.0259. The molecule has 0 saturated heterocycles. The Bertz CT molecular complexity index is 751. The van der Waals surface area contributed by atoms with Gasteiger partial charge < -0.3 is 10.4 Å². The molecule has 0 aliphatic carbocycles. The fraction of sp³-hybridized carbons (Fsp3) is 0.444. The summed E-state index contributed by atoms with van der Waals surface area (Å²) in [5.41, 5.74) is 1.60. The number of carbonyl (C=O) groups excluding carboxylic acids is 1. The van der Waals surface area contributed by atoms with Gasteiger partial charge in [-0.15, -0.1) is 0 Å². The molecular formula is C18H25N3O3. The topological polar surface area (TPSA) is 87.1 Å². The standard InChI is InChI=1S/C18H25N3O3/c1-12-5-7-14(8-6-12)21-16(23)9-15(20-21)17(24)19-13(11-22)10-18(2,3)4/h5-9,13,20,22H,10-11H2,1-4H3,(H,19,24). The Hall–Kier alpha value is -2.34. The monoisotopic (exact) mass is 331 g/mol. The van der Waals surface area contributed by atoms with Crippen molar-refractivity contribution in [3.05, 3.63) is 51.9 Å². The number of hydrogen-bond acceptors (Lipinski definition) is 3. The molecule has 1 amide bonds. The lowest BCUT2D eigenvalue weighted by Crippen LogP contribution is -2.40. The Morgan fingerprint density at radius 2 is 1.92 bits per heavy atom. The van der Waals surface area contributed by atoms with Gasteiger partial charge in [0, 0.05) is 6.07 Å². The van der Waals surface area contributed by atoms with E-state index in [1.807, 2.05) is 52.0 Å². The first-order valence-corrected chi connectivity index (χ1v) is 8.00. The van der Waals surface area contributed by atoms with Crippen LogP contribution in [0.1, 0.15) is 43.2 Å². The van der Waals surface area contributed by atoms with Crippen molar-refractivity contribution >= 4 is 5.91 Å². The summed E-state index contributed by atoms with van der Waals surface area (Å²) in [5, 5.41) is 15.0. The number of aromatic nitrogens is 2. The van der Waals surface area contributed by atoms with Gasteiger partial charge in [0.2, 0.25) is 0 Å². The predicted molar refractivity (Wildman–Crippen MR) is 93.5 cm³/mol. The number of aliphatic hydroxyl groups excluding tert-OH is 1. The van der Waals surface area contributed by atoms with E-state index in [1.54, 1.807) is 0 Å². The van der Waals surface area contributed by atoms with Crippen LogP contribution < -0.4 is 10.9 Å². The van der Waals surface area contributed by atoms with Crippen LogP contribution >= 0.6 is 0 Å². The number of aryl methyl sites for hydroxylation is 1. The lowest BCUT2D eigenvalue weighted by atomic mass is 9.88. The zero-order valence-electron chi connectivity index (χ0n) is 14.6. The zero-order valence-corrected chi connectivity index (χ0v) is 14.6. The van der Waals surface area contributed by atoms with Gasteiger partial charge in [0.1, 0.15) is 5.69 Å². The van der Waals surface area contributed by atoms with Crippen LogP contribution in [0.2, 0.25) is 0 Å². The van der Waals surface area contributed by atoms with Crippen LogP contribution in [0.5, 0.6) is 0 Å². The summed E-state index contributed by atoms with van der Waals surface area (Å²) >= 11 is 0. The summed E-state index contributed by atoms with van der Waals surface area (Å²) in [7, 11) is 0. The number of aromatic amines is 1. The average molecular weight is 331 g/mol. The lowest BCUT2D eigenvalue weighted by molar-refractivity contribution is 0.0892. The van der Waals surface area contributed by atoms with Crippen LogP contribution in [-0.4, -0.2) is 33.4 Å². The third-order valence-corrected chi connectivity index (χ3v) is 3.67. The molecular weight excluding hydrogens is 306 g/mol. The van der Waals surface area contributed by atoms with E-state index in [1.165, 1.54) is 10.7 Å². The van der Waals surface area contributed by atoms with E-state index in [9.17, 15) is 14.7 Å². The Morgan fingerprint density at radius 1 is 1.29 bits per heavy atom. The van der Waals surface area contributed by atoms with Gasteiger partial charge >= 0.3 is 0 Å². The molecule has 0 aliphatic heterocycles. The maximum Gasteiger partial charge on any atom is 0.271 e. The van der Waals surface area contributed by atoms with Gasteiger partial charge in [-0.2, -0.15) is 0 Å². The maximum absolute atomic E-state index is 12.3. The molecule has 0 fully saturated rings. The van der Waals surface area contributed by atoms with Crippen LogP contribution in [0.25, 0.3) is 5.69 Å². The first-order chi connectivity index (χ1) is 11.2. The average Bonchev–Trinajstić information content (AvgIpc) is 2.88. The Balaban J connectivity index is 2.18. The highest BCUT2D eigenvalue weighted by Crippen LogP contribution is 2.20. The number of amides is 1. The van der Waals surface area contributed by atoms with E-state index >= 15 is 0 Å². The molecule has 6 nitrogen and oxygen atoms in total. The molecule has 1 unspecified atom stereocenters. The van der Waals surface area contributed by atoms with Crippen molar-refractivity contribution in [1.82, 2.24) is 15.1 Å². The normalized spacial score (nSPS) is 12.9. The predicted octanol–water partition coefficient (Wildman–Crippen LogP) is 2.00. The third kappa shape index (κ3) is 4.58. The quantitative estimate of drug-likeness (QED) is 0.783. The van der Waals surface area contributed by atoms with E-state index in [-0.39, 0.29) is 29.3 Å². The van der Waals surface area contributed by atoms with Crippen LogP contribution in [0.4, 0.5) is 0 Å². The molecule has 0 bridgehead atoms. The van der Waals surface area contributed by atoms with E-state index in [2.05, 4.69) is 10.4 Å². The number of H-pyrrole nitrogens is 1. The van der Waals surface area contributed by atoms with E-state index in [0.29, 0.717) is 12.1 Å². The van der Waals surface area contributed by atoms with Crippen molar-refractivity contribution in [3.8, 4) is 5.69 Å². The van der Waals surface area contributed by atoms with Gasteiger partial charge in [-0.05, 0) is 30.9 Å². The molecule has 1 atom stereocenters. The highest BCUT2D eigenvalue weighted by Gasteiger charge is 2.21. The molecule has 0 spiro atoms. The third-order valence-electron chi connectivity index (χ3n) is 3.67. The SMILES string of the molecule is Cc1ccc(-n2[nH]c(C(=O)NC(CO)CC(C)(C)C)cc2=O)cc1. The molecule has 1 heterocycles. The molecule has 3 N–H and O–H groups in total. The second-order valence-electron chi connectivity index (χ2n) is 7.30. The number of benzene rings is 1. The van der Waals surface area contributed by atoms with Crippen LogP contribution in [-0.2, 0) is 0 Å². The largest absolute Gasteiger partial charge is 0.394 e. The molecule has 130 valence electrons. The summed E-state index contributed by atoms with van der Waals surface area (Å²) in [6, 6.07) is 8.32. The van der Waals surface area contributed by atoms with Crippen molar-refractivity contribution < 1.29 is 9.90 Å². The molecule has 0 aliphatic rings. The van der Waals surface area contributed by atoms with Crippen molar-refractivity contribution in [2.45, 2.75) is 40.2 Å². The number of rotatable bonds is 5. The van der Waals surface area contributed by atoms with Crippen molar-refractivity contribution in [1.29, 1.82) is 0 Å². The van der Waals surface area contributed by atoms with E-state index in [4.69, 9.17) is 0 Å². The summed E-state index contributed by atoms with van der Waals surface area (Å²) in [6.45, 7) is 7.93. The summed E-state index contributed by atoms with van der Waals surface area (Å²) in [6.07, 6.45) is 0.637. The van der Waals surface area contributed by atoms with Crippen LogP contribution in [0.3, 0.4) is 0 Å².